The number of amides is 1. The van der Waals surface area contributed by atoms with Crippen molar-refractivity contribution in [1.29, 1.82) is 0 Å². The van der Waals surface area contributed by atoms with Crippen LogP contribution in [0.15, 0.2) is 24.7 Å². The maximum atomic E-state index is 12.1. The second-order valence-electron chi connectivity index (χ2n) is 4.56. The van der Waals surface area contributed by atoms with Crippen molar-refractivity contribution in [3.63, 3.8) is 0 Å². The minimum Gasteiger partial charge on any atom is -0.368 e. The van der Waals surface area contributed by atoms with E-state index >= 15 is 0 Å². The summed E-state index contributed by atoms with van der Waals surface area (Å²) in [6.07, 6.45) is 4.25. The number of hydrogen-bond acceptors (Lipinski definition) is 4. The first kappa shape index (κ1) is 14.3. The molecular formula is C13H12Cl2N4O2. The standard InChI is InChI=1S/C13H12Cl2N4O2/c14-10-11(15)19(7-17-10)12-8(3-1-5-16-12)18-13(20)9-4-2-6-21-9/h1,3,5,7,9H,2,4,6H2,(H,18,20). The van der Waals surface area contributed by atoms with Crippen molar-refractivity contribution in [1.82, 2.24) is 14.5 Å². The molecule has 3 heterocycles. The Morgan fingerprint density at radius 3 is 2.95 bits per heavy atom. The smallest absolute Gasteiger partial charge is 0.253 e. The molecule has 8 heteroatoms. The van der Waals surface area contributed by atoms with Gasteiger partial charge in [0.1, 0.15) is 12.4 Å². The number of nitrogens with zero attached hydrogens (tertiary/aromatic N) is 3. The number of halogens is 2. The molecule has 1 N–H and O–H groups in total. The zero-order valence-corrected chi connectivity index (χ0v) is 12.4. The van der Waals surface area contributed by atoms with Crippen molar-refractivity contribution < 1.29 is 9.53 Å². The number of aromatic nitrogens is 3. The molecular weight excluding hydrogens is 315 g/mol. The lowest BCUT2D eigenvalue weighted by molar-refractivity contribution is -0.124. The number of imidazole rings is 1. The Kier molecular flexibility index (Phi) is 4.10. The molecule has 0 aliphatic carbocycles. The lowest BCUT2D eigenvalue weighted by atomic mass is 10.2. The summed E-state index contributed by atoms with van der Waals surface area (Å²) in [7, 11) is 0. The molecule has 2 aromatic heterocycles. The summed E-state index contributed by atoms with van der Waals surface area (Å²) in [5, 5.41) is 3.23. The number of anilines is 1. The van der Waals surface area contributed by atoms with E-state index in [9.17, 15) is 4.79 Å². The van der Waals surface area contributed by atoms with Gasteiger partial charge in [-0.05, 0) is 25.0 Å². The van der Waals surface area contributed by atoms with Crippen LogP contribution in [0.25, 0.3) is 5.82 Å². The summed E-state index contributed by atoms with van der Waals surface area (Å²) >= 11 is 11.9. The first-order valence-corrected chi connectivity index (χ1v) is 7.18. The minimum absolute atomic E-state index is 0.179. The Morgan fingerprint density at radius 1 is 1.43 bits per heavy atom. The first-order valence-electron chi connectivity index (χ1n) is 6.43. The Bertz CT molecular complexity index is 668. The molecule has 1 aliphatic heterocycles. The number of nitrogens with one attached hydrogen (secondary N) is 1. The zero-order chi connectivity index (χ0) is 14.8. The Hall–Kier alpha value is -1.63. The molecule has 1 unspecified atom stereocenters. The number of rotatable bonds is 3. The predicted octanol–water partition coefficient (Wildman–Crippen LogP) is 2.69. The van der Waals surface area contributed by atoms with Crippen LogP contribution in [0.4, 0.5) is 5.69 Å². The van der Waals surface area contributed by atoms with Crippen LogP contribution in [0.3, 0.4) is 0 Å². The summed E-state index contributed by atoms with van der Waals surface area (Å²) in [6, 6.07) is 3.46. The van der Waals surface area contributed by atoms with Crippen molar-refractivity contribution >= 4 is 34.8 Å². The van der Waals surface area contributed by atoms with Crippen LogP contribution in [-0.2, 0) is 9.53 Å². The van der Waals surface area contributed by atoms with Gasteiger partial charge in [0.25, 0.3) is 5.91 Å². The average molecular weight is 327 g/mol. The van der Waals surface area contributed by atoms with Crippen molar-refractivity contribution in [2.45, 2.75) is 18.9 Å². The van der Waals surface area contributed by atoms with Gasteiger partial charge in [-0.1, -0.05) is 23.2 Å². The molecule has 1 atom stereocenters. The summed E-state index contributed by atoms with van der Waals surface area (Å²) in [6.45, 7) is 0.612. The third-order valence-electron chi connectivity index (χ3n) is 3.16. The molecule has 3 rings (SSSR count). The van der Waals surface area contributed by atoms with E-state index in [4.69, 9.17) is 27.9 Å². The van der Waals surface area contributed by atoms with Crippen molar-refractivity contribution in [3.05, 3.63) is 35.0 Å². The van der Waals surface area contributed by atoms with Gasteiger partial charge in [0, 0.05) is 12.8 Å². The fourth-order valence-electron chi connectivity index (χ4n) is 2.14. The Morgan fingerprint density at radius 2 is 2.29 bits per heavy atom. The molecule has 0 radical (unpaired) electrons. The fourth-order valence-corrected chi connectivity index (χ4v) is 2.45. The van der Waals surface area contributed by atoms with Gasteiger partial charge in [-0.15, -0.1) is 0 Å². The van der Waals surface area contributed by atoms with Gasteiger partial charge in [0.05, 0.1) is 5.69 Å². The topological polar surface area (TPSA) is 69.0 Å². The number of carbonyl (C=O) groups is 1. The first-order chi connectivity index (χ1) is 10.2. The number of pyridine rings is 1. The summed E-state index contributed by atoms with van der Waals surface area (Å²) in [4.78, 5) is 20.3. The van der Waals surface area contributed by atoms with E-state index in [1.165, 1.54) is 10.9 Å². The SMILES string of the molecule is O=C(Nc1cccnc1-n1cnc(Cl)c1Cl)C1CCCO1. The maximum Gasteiger partial charge on any atom is 0.253 e. The van der Waals surface area contributed by atoms with Gasteiger partial charge in [-0.2, -0.15) is 0 Å². The lowest BCUT2D eigenvalue weighted by Crippen LogP contribution is -2.27. The van der Waals surface area contributed by atoms with Gasteiger partial charge < -0.3 is 10.1 Å². The molecule has 1 amide bonds. The van der Waals surface area contributed by atoms with Crippen molar-refractivity contribution in [2.75, 3.05) is 11.9 Å². The Balaban J connectivity index is 1.89. The van der Waals surface area contributed by atoms with E-state index in [1.807, 2.05) is 0 Å². The monoisotopic (exact) mass is 326 g/mol. The molecule has 0 bridgehead atoms. The van der Waals surface area contributed by atoms with Crippen LogP contribution in [0.1, 0.15) is 12.8 Å². The van der Waals surface area contributed by atoms with Crippen LogP contribution in [-0.4, -0.2) is 33.2 Å². The van der Waals surface area contributed by atoms with Crippen LogP contribution in [0.2, 0.25) is 10.3 Å². The predicted molar refractivity (Wildman–Crippen MR) is 79.0 cm³/mol. The van der Waals surface area contributed by atoms with Gasteiger partial charge in [-0.3, -0.25) is 9.36 Å². The van der Waals surface area contributed by atoms with Crippen LogP contribution < -0.4 is 5.32 Å². The van der Waals surface area contributed by atoms with E-state index in [2.05, 4.69) is 15.3 Å². The fraction of sp³-hybridized carbons (Fsp3) is 0.308. The largest absolute Gasteiger partial charge is 0.368 e. The number of ether oxygens (including phenoxy) is 1. The molecule has 0 aromatic carbocycles. The second kappa shape index (κ2) is 6.01. The number of carbonyl (C=O) groups excluding carboxylic acids is 1. The zero-order valence-electron chi connectivity index (χ0n) is 10.9. The van der Waals surface area contributed by atoms with E-state index < -0.39 is 6.10 Å². The molecule has 1 fully saturated rings. The minimum atomic E-state index is -0.417. The second-order valence-corrected chi connectivity index (χ2v) is 5.28. The molecule has 0 saturated carbocycles. The Labute approximate surface area is 131 Å². The van der Waals surface area contributed by atoms with Gasteiger partial charge in [-0.25, -0.2) is 9.97 Å². The highest BCUT2D eigenvalue weighted by Crippen LogP contribution is 2.27. The lowest BCUT2D eigenvalue weighted by Gasteiger charge is -2.13. The molecule has 0 spiro atoms. The van der Waals surface area contributed by atoms with Crippen LogP contribution in [0, 0.1) is 0 Å². The molecule has 21 heavy (non-hydrogen) atoms. The normalized spacial score (nSPS) is 17.9. The molecule has 1 aliphatic rings. The third-order valence-corrected chi connectivity index (χ3v) is 3.90. The van der Waals surface area contributed by atoms with Crippen molar-refractivity contribution in [2.24, 2.45) is 0 Å². The maximum absolute atomic E-state index is 12.1. The molecule has 110 valence electrons. The van der Waals surface area contributed by atoms with Gasteiger partial charge in [0.2, 0.25) is 0 Å². The highest BCUT2D eigenvalue weighted by Gasteiger charge is 2.24. The number of hydrogen-bond donors (Lipinski definition) is 1. The highest BCUT2D eigenvalue weighted by molar-refractivity contribution is 6.40. The van der Waals surface area contributed by atoms with Crippen LogP contribution >= 0.6 is 23.2 Å². The molecule has 1 saturated heterocycles. The summed E-state index contributed by atoms with van der Waals surface area (Å²) in [5.41, 5.74) is 0.522. The molecule has 2 aromatic rings. The average Bonchev–Trinajstić information content (AvgIpc) is 3.12. The highest BCUT2D eigenvalue weighted by atomic mass is 35.5. The molecule has 6 nitrogen and oxygen atoms in total. The quantitative estimate of drug-likeness (QED) is 0.941. The van der Waals surface area contributed by atoms with E-state index in [0.717, 1.165) is 12.8 Å². The van der Waals surface area contributed by atoms with Crippen LogP contribution in [0.5, 0.6) is 0 Å². The van der Waals surface area contributed by atoms with E-state index in [0.29, 0.717) is 18.1 Å². The summed E-state index contributed by atoms with van der Waals surface area (Å²) < 4.78 is 6.87. The summed E-state index contributed by atoms with van der Waals surface area (Å²) in [5.74, 6) is 0.261. The van der Waals surface area contributed by atoms with E-state index in [-0.39, 0.29) is 16.2 Å². The van der Waals surface area contributed by atoms with Gasteiger partial charge in [0.15, 0.2) is 16.1 Å². The third kappa shape index (κ3) is 2.88. The van der Waals surface area contributed by atoms with E-state index in [1.54, 1.807) is 18.3 Å². The van der Waals surface area contributed by atoms with Gasteiger partial charge >= 0.3 is 0 Å². The van der Waals surface area contributed by atoms with Crippen molar-refractivity contribution in [3.8, 4) is 5.82 Å².